The molecular formula is C13H17N3O2S. The summed E-state index contributed by atoms with van der Waals surface area (Å²) < 4.78 is 11.3. The highest BCUT2D eigenvalue weighted by Gasteiger charge is 2.11. The fraction of sp³-hybridized carbons (Fsp3) is 0.308. The molecular weight excluding hydrogens is 262 g/mol. The van der Waals surface area contributed by atoms with Crippen LogP contribution in [-0.4, -0.2) is 33.2 Å². The van der Waals surface area contributed by atoms with E-state index >= 15 is 0 Å². The number of amides is 1. The summed E-state index contributed by atoms with van der Waals surface area (Å²) in [6, 6.07) is 5.37. The number of fused-ring (bicyclic) bond motifs is 1. The van der Waals surface area contributed by atoms with Gasteiger partial charge in [-0.3, -0.25) is 9.00 Å². The molecule has 1 amide bonds. The monoisotopic (exact) mass is 279 g/mol. The van der Waals surface area contributed by atoms with Crippen molar-refractivity contribution in [2.45, 2.75) is 6.92 Å². The van der Waals surface area contributed by atoms with Crippen LogP contribution >= 0.6 is 0 Å². The minimum atomic E-state index is -0.859. The quantitative estimate of drug-likeness (QED) is 0.720. The first-order valence-electron chi connectivity index (χ1n) is 6.11. The fourth-order valence-electron chi connectivity index (χ4n) is 1.85. The van der Waals surface area contributed by atoms with Crippen molar-refractivity contribution < 1.29 is 9.00 Å². The predicted molar refractivity (Wildman–Crippen MR) is 78.6 cm³/mol. The topological polar surface area (TPSA) is 88.0 Å². The highest BCUT2D eigenvalue weighted by atomic mass is 32.2. The summed E-state index contributed by atoms with van der Waals surface area (Å²) in [5.74, 6) is 0.934. The lowest BCUT2D eigenvalue weighted by molar-refractivity contribution is 0.0958. The molecule has 1 aromatic heterocycles. The van der Waals surface area contributed by atoms with E-state index in [9.17, 15) is 9.00 Å². The van der Waals surface area contributed by atoms with Gasteiger partial charge >= 0.3 is 0 Å². The Balaban J connectivity index is 2.07. The van der Waals surface area contributed by atoms with Gasteiger partial charge in [0.05, 0.1) is 5.56 Å². The maximum atomic E-state index is 12.0. The number of hydrogen-bond donors (Lipinski definition) is 3. The Morgan fingerprint density at radius 2 is 2.26 bits per heavy atom. The lowest BCUT2D eigenvalue weighted by Gasteiger charge is -2.03. The molecule has 0 saturated carbocycles. The Morgan fingerprint density at radius 1 is 1.47 bits per heavy atom. The van der Waals surface area contributed by atoms with E-state index in [1.165, 1.54) is 0 Å². The molecule has 1 aromatic carbocycles. The highest BCUT2D eigenvalue weighted by molar-refractivity contribution is 7.84. The summed E-state index contributed by atoms with van der Waals surface area (Å²) >= 11 is 0. The number of nitrogen functional groups attached to an aromatic ring is 1. The molecule has 5 nitrogen and oxygen atoms in total. The molecule has 2 aromatic rings. The van der Waals surface area contributed by atoms with Gasteiger partial charge in [-0.05, 0) is 18.2 Å². The lowest BCUT2D eigenvalue weighted by Crippen LogP contribution is -2.27. The summed E-state index contributed by atoms with van der Waals surface area (Å²) in [6.45, 7) is 2.28. The second-order valence-corrected chi connectivity index (χ2v) is 6.06. The number of anilines is 1. The fourth-order valence-corrected chi connectivity index (χ4v) is 2.47. The molecule has 6 heteroatoms. The van der Waals surface area contributed by atoms with Gasteiger partial charge < -0.3 is 16.0 Å². The molecule has 0 aliphatic heterocycles. The maximum absolute atomic E-state index is 12.0. The molecule has 4 N–H and O–H groups in total. The SMILES string of the molecule is CCS(=O)CCNC(=O)c1c[nH]c2cc(N)ccc12. The standard InChI is InChI=1S/C13H17N3O2S/c1-2-19(18)6-5-15-13(17)11-8-16-12-7-9(14)3-4-10(11)12/h3-4,7-8,16H,2,5-6,14H2,1H3,(H,15,17). The normalized spacial score (nSPS) is 12.5. The summed E-state index contributed by atoms with van der Waals surface area (Å²) in [4.78, 5) is 15.0. The van der Waals surface area contributed by atoms with E-state index in [-0.39, 0.29) is 5.91 Å². The average molecular weight is 279 g/mol. The summed E-state index contributed by atoms with van der Waals surface area (Å²) in [5.41, 5.74) is 7.75. The van der Waals surface area contributed by atoms with Crippen molar-refractivity contribution in [2.75, 3.05) is 23.8 Å². The Kier molecular flexibility index (Phi) is 4.21. The molecule has 1 atom stereocenters. The van der Waals surface area contributed by atoms with Gasteiger partial charge in [0.2, 0.25) is 0 Å². The number of benzene rings is 1. The lowest BCUT2D eigenvalue weighted by atomic mass is 10.1. The smallest absolute Gasteiger partial charge is 0.253 e. The van der Waals surface area contributed by atoms with Crippen molar-refractivity contribution in [3.63, 3.8) is 0 Å². The Labute approximate surface area is 114 Å². The van der Waals surface area contributed by atoms with Crippen LogP contribution in [0.25, 0.3) is 10.9 Å². The highest BCUT2D eigenvalue weighted by Crippen LogP contribution is 2.20. The molecule has 19 heavy (non-hydrogen) atoms. The number of carbonyl (C=O) groups is 1. The third kappa shape index (κ3) is 3.14. The van der Waals surface area contributed by atoms with Crippen molar-refractivity contribution in [1.29, 1.82) is 0 Å². The molecule has 0 aliphatic rings. The molecule has 0 aliphatic carbocycles. The van der Waals surface area contributed by atoms with Crippen molar-refractivity contribution in [1.82, 2.24) is 10.3 Å². The Hall–Kier alpha value is -1.82. The summed E-state index contributed by atoms with van der Waals surface area (Å²) in [5, 5.41) is 3.61. The number of hydrogen-bond acceptors (Lipinski definition) is 3. The first-order chi connectivity index (χ1) is 9.11. The van der Waals surface area contributed by atoms with Gasteiger partial charge in [0.15, 0.2) is 0 Å². The summed E-state index contributed by atoms with van der Waals surface area (Å²) in [6.07, 6.45) is 1.66. The van der Waals surface area contributed by atoms with Crippen LogP contribution in [0.3, 0.4) is 0 Å². The van der Waals surface area contributed by atoms with Crippen LogP contribution in [0.5, 0.6) is 0 Å². The second kappa shape index (κ2) is 5.88. The number of rotatable bonds is 5. The number of aromatic nitrogens is 1. The number of nitrogens with one attached hydrogen (secondary N) is 2. The number of nitrogens with two attached hydrogens (primary N) is 1. The largest absolute Gasteiger partial charge is 0.399 e. The van der Waals surface area contributed by atoms with E-state index in [0.717, 1.165) is 10.9 Å². The van der Waals surface area contributed by atoms with Gasteiger partial charge in [-0.25, -0.2) is 0 Å². The Bertz CT molecular complexity index is 621. The van der Waals surface area contributed by atoms with E-state index in [1.54, 1.807) is 18.3 Å². The van der Waals surface area contributed by atoms with E-state index < -0.39 is 10.8 Å². The van der Waals surface area contributed by atoms with E-state index in [0.29, 0.717) is 29.3 Å². The van der Waals surface area contributed by atoms with Crippen LogP contribution in [0.15, 0.2) is 24.4 Å². The number of carbonyl (C=O) groups excluding carboxylic acids is 1. The van der Waals surface area contributed by atoms with Gasteiger partial charge in [-0.2, -0.15) is 0 Å². The third-order valence-electron chi connectivity index (χ3n) is 2.89. The zero-order chi connectivity index (χ0) is 13.8. The van der Waals surface area contributed by atoms with Gasteiger partial charge in [0.1, 0.15) is 0 Å². The average Bonchev–Trinajstić information content (AvgIpc) is 2.81. The maximum Gasteiger partial charge on any atom is 0.253 e. The van der Waals surface area contributed by atoms with E-state index in [1.807, 2.05) is 13.0 Å². The van der Waals surface area contributed by atoms with Crippen LogP contribution in [-0.2, 0) is 10.8 Å². The molecule has 0 spiro atoms. The molecule has 0 radical (unpaired) electrons. The van der Waals surface area contributed by atoms with Crippen LogP contribution in [0, 0.1) is 0 Å². The zero-order valence-corrected chi connectivity index (χ0v) is 11.5. The van der Waals surface area contributed by atoms with Crippen LogP contribution in [0.4, 0.5) is 5.69 Å². The molecule has 1 heterocycles. The minimum Gasteiger partial charge on any atom is -0.399 e. The molecule has 0 bridgehead atoms. The minimum absolute atomic E-state index is 0.163. The van der Waals surface area contributed by atoms with E-state index in [2.05, 4.69) is 10.3 Å². The van der Waals surface area contributed by atoms with Gasteiger partial charge in [0.25, 0.3) is 5.91 Å². The van der Waals surface area contributed by atoms with Crippen LogP contribution in [0.2, 0.25) is 0 Å². The number of H-pyrrole nitrogens is 1. The number of aromatic amines is 1. The van der Waals surface area contributed by atoms with Gasteiger partial charge in [0, 0.05) is 51.6 Å². The Morgan fingerprint density at radius 3 is 3.00 bits per heavy atom. The third-order valence-corrected chi connectivity index (χ3v) is 4.19. The van der Waals surface area contributed by atoms with Crippen molar-refractivity contribution >= 4 is 33.3 Å². The van der Waals surface area contributed by atoms with Crippen LogP contribution < -0.4 is 11.1 Å². The molecule has 0 fully saturated rings. The summed E-state index contributed by atoms with van der Waals surface area (Å²) in [7, 11) is -0.859. The van der Waals surface area contributed by atoms with E-state index in [4.69, 9.17) is 5.73 Å². The predicted octanol–water partition coefficient (Wildman–Crippen LogP) is 1.25. The van der Waals surface area contributed by atoms with Gasteiger partial charge in [-0.15, -0.1) is 0 Å². The van der Waals surface area contributed by atoms with Crippen molar-refractivity contribution in [3.8, 4) is 0 Å². The zero-order valence-electron chi connectivity index (χ0n) is 10.7. The first kappa shape index (κ1) is 13.6. The van der Waals surface area contributed by atoms with Gasteiger partial charge in [-0.1, -0.05) is 6.92 Å². The molecule has 2 rings (SSSR count). The first-order valence-corrected chi connectivity index (χ1v) is 7.60. The van der Waals surface area contributed by atoms with Crippen LogP contribution in [0.1, 0.15) is 17.3 Å². The molecule has 0 saturated heterocycles. The van der Waals surface area contributed by atoms with Crippen molar-refractivity contribution in [2.24, 2.45) is 0 Å². The molecule has 1 unspecified atom stereocenters. The van der Waals surface area contributed by atoms with Crippen molar-refractivity contribution in [3.05, 3.63) is 30.0 Å². The second-order valence-electron chi connectivity index (χ2n) is 4.20. The molecule has 102 valence electrons.